The molecule has 0 radical (unpaired) electrons. The molecule has 0 aliphatic carbocycles. The molecule has 0 aliphatic rings. The highest BCUT2D eigenvalue weighted by Crippen LogP contribution is 2.30. The molecule has 6 heteroatoms. The molecule has 0 spiro atoms. The molecular formula is C17H17Cl2NO2S. The first kappa shape index (κ1) is 18.0. The first-order chi connectivity index (χ1) is 11.0. The largest absolute Gasteiger partial charge is 0.497 e. The molecule has 0 saturated heterocycles. The Labute approximate surface area is 150 Å². The molecular weight excluding hydrogens is 353 g/mol. The minimum absolute atomic E-state index is 0.0221. The molecule has 0 aromatic heterocycles. The Morgan fingerprint density at radius 3 is 2.74 bits per heavy atom. The van der Waals surface area contributed by atoms with Crippen molar-refractivity contribution in [2.45, 2.75) is 11.4 Å². The van der Waals surface area contributed by atoms with E-state index >= 15 is 0 Å². The van der Waals surface area contributed by atoms with Gasteiger partial charge in [0.05, 0.1) is 17.9 Å². The number of halogens is 2. The van der Waals surface area contributed by atoms with Crippen LogP contribution in [0.25, 0.3) is 0 Å². The van der Waals surface area contributed by atoms with Crippen molar-refractivity contribution < 1.29 is 9.53 Å². The number of nitrogens with zero attached hydrogens (tertiary/aromatic N) is 1. The minimum Gasteiger partial charge on any atom is -0.497 e. The monoisotopic (exact) mass is 369 g/mol. The van der Waals surface area contributed by atoms with Gasteiger partial charge >= 0.3 is 0 Å². The zero-order valence-electron chi connectivity index (χ0n) is 12.9. The quantitative estimate of drug-likeness (QED) is 0.687. The molecule has 122 valence electrons. The van der Waals surface area contributed by atoms with Crippen molar-refractivity contribution in [1.29, 1.82) is 0 Å². The van der Waals surface area contributed by atoms with Crippen molar-refractivity contribution in [3.63, 3.8) is 0 Å². The molecule has 0 unspecified atom stereocenters. The summed E-state index contributed by atoms with van der Waals surface area (Å²) in [5.74, 6) is 1.11. The van der Waals surface area contributed by atoms with Gasteiger partial charge in [0.1, 0.15) is 5.75 Å². The van der Waals surface area contributed by atoms with Gasteiger partial charge < -0.3 is 9.64 Å². The standard InChI is InChI=1S/C17H17Cl2NO2S/c1-20(10-12-4-3-5-14(8-12)22-2)17(21)11-23-16-9-13(18)6-7-15(16)19/h3-9H,10-11H2,1-2H3. The van der Waals surface area contributed by atoms with Gasteiger partial charge in [-0.25, -0.2) is 0 Å². The number of carbonyl (C=O) groups excluding carboxylic acids is 1. The number of thioether (sulfide) groups is 1. The van der Waals surface area contributed by atoms with Crippen LogP contribution in [0.15, 0.2) is 47.4 Å². The normalized spacial score (nSPS) is 10.4. The van der Waals surface area contributed by atoms with E-state index in [1.807, 2.05) is 24.3 Å². The van der Waals surface area contributed by atoms with E-state index in [0.717, 1.165) is 16.2 Å². The Kier molecular flexibility index (Phi) is 6.63. The predicted octanol–water partition coefficient (Wildman–Crippen LogP) is 4.75. The number of ether oxygens (including phenoxy) is 1. The maximum absolute atomic E-state index is 12.3. The maximum Gasteiger partial charge on any atom is 0.232 e. The molecule has 3 nitrogen and oxygen atoms in total. The molecule has 0 fully saturated rings. The first-order valence-corrected chi connectivity index (χ1v) is 8.68. The molecule has 2 aromatic rings. The summed E-state index contributed by atoms with van der Waals surface area (Å²) < 4.78 is 5.19. The molecule has 0 N–H and O–H groups in total. The summed E-state index contributed by atoms with van der Waals surface area (Å²) in [4.78, 5) is 14.8. The lowest BCUT2D eigenvalue weighted by Gasteiger charge is -2.17. The van der Waals surface area contributed by atoms with Gasteiger partial charge in [0.15, 0.2) is 0 Å². The Bertz CT molecular complexity index is 694. The second-order valence-electron chi connectivity index (χ2n) is 4.96. The summed E-state index contributed by atoms with van der Waals surface area (Å²) in [6.07, 6.45) is 0. The van der Waals surface area contributed by atoms with E-state index < -0.39 is 0 Å². The summed E-state index contributed by atoms with van der Waals surface area (Å²) in [6, 6.07) is 12.9. The number of hydrogen-bond acceptors (Lipinski definition) is 3. The van der Waals surface area contributed by atoms with Crippen molar-refractivity contribution in [2.24, 2.45) is 0 Å². The van der Waals surface area contributed by atoms with Crippen LogP contribution in [0.1, 0.15) is 5.56 Å². The lowest BCUT2D eigenvalue weighted by Crippen LogP contribution is -2.27. The van der Waals surface area contributed by atoms with E-state index in [2.05, 4.69) is 0 Å². The van der Waals surface area contributed by atoms with Crippen LogP contribution < -0.4 is 4.74 Å². The van der Waals surface area contributed by atoms with Crippen LogP contribution >= 0.6 is 35.0 Å². The average molecular weight is 370 g/mol. The Hall–Kier alpha value is -1.36. The number of rotatable bonds is 6. The third-order valence-electron chi connectivity index (χ3n) is 3.22. The van der Waals surface area contributed by atoms with Crippen LogP contribution in [0.5, 0.6) is 5.75 Å². The van der Waals surface area contributed by atoms with Gasteiger partial charge in [-0.2, -0.15) is 0 Å². The SMILES string of the molecule is COc1cccc(CN(C)C(=O)CSc2cc(Cl)ccc2Cl)c1. The van der Waals surface area contributed by atoms with Crippen LogP contribution in [-0.2, 0) is 11.3 Å². The average Bonchev–Trinajstić information content (AvgIpc) is 2.55. The van der Waals surface area contributed by atoms with Crippen LogP contribution in [0.3, 0.4) is 0 Å². The van der Waals surface area contributed by atoms with E-state index in [4.69, 9.17) is 27.9 Å². The van der Waals surface area contributed by atoms with Crippen molar-refractivity contribution in [3.8, 4) is 5.75 Å². The van der Waals surface area contributed by atoms with E-state index in [1.54, 1.807) is 37.3 Å². The van der Waals surface area contributed by atoms with Crippen molar-refractivity contribution in [3.05, 3.63) is 58.1 Å². The fourth-order valence-corrected chi connectivity index (χ4v) is 3.40. The maximum atomic E-state index is 12.3. The molecule has 0 atom stereocenters. The van der Waals surface area contributed by atoms with Crippen molar-refractivity contribution >= 4 is 40.9 Å². The summed E-state index contributed by atoms with van der Waals surface area (Å²) in [7, 11) is 3.40. The van der Waals surface area contributed by atoms with E-state index in [-0.39, 0.29) is 5.91 Å². The van der Waals surface area contributed by atoms with Crippen molar-refractivity contribution in [2.75, 3.05) is 19.9 Å². The van der Waals surface area contributed by atoms with Gasteiger partial charge in [0, 0.05) is 23.5 Å². The van der Waals surface area contributed by atoms with Gasteiger partial charge in [0.25, 0.3) is 0 Å². The van der Waals surface area contributed by atoms with E-state index in [0.29, 0.717) is 22.3 Å². The molecule has 0 aliphatic heterocycles. The highest BCUT2D eigenvalue weighted by Gasteiger charge is 2.12. The number of amides is 1. The summed E-state index contributed by atoms with van der Waals surface area (Å²) in [6.45, 7) is 0.528. The summed E-state index contributed by atoms with van der Waals surface area (Å²) in [5, 5.41) is 1.21. The first-order valence-electron chi connectivity index (χ1n) is 6.94. The van der Waals surface area contributed by atoms with Crippen LogP contribution in [0.2, 0.25) is 10.0 Å². The number of hydrogen-bond donors (Lipinski definition) is 0. The Morgan fingerprint density at radius 1 is 1.22 bits per heavy atom. The van der Waals surface area contributed by atoms with E-state index in [1.165, 1.54) is 11.8 Å². The fraction of sp³-hybridized carbons (Fsp3) is 0.235. The van der Waals surface area contributed by atoms with Gasteiger partial charge in [-0.1, -0.05) is 35.3 Å². The zero-order chi connectivity index (χ0) is 16.8. The Morgan fingerprint density at radius 2 is 2.00 bits per heavy atom. The lowest BCUT2D eigenvalue weighted by molar-refractivity contribution is -0.127. The van der Waals surface area contributed by atoms with E-state index in [9.17, 15) is 4.79 Å². The van der Waals surface area contributed by atoms with Crippen LogP contribution in [-0.4, -0.2) is 30.7 Å². The van der Waals surface area contributed by atoms with Gasteiger partial charge in [-0.15, -0.1) is 11.8 Å². The third-order valence-corrected chi connectivity index (χ3v) is 4.94. The second-order valence-corrected chi connectivity index (χ2v) is 6.83. The molecule has 2 aromatic carbocycles. The summed E-state index contributed by atoms with van der Waals surface area (Å²) in [5.41, 5.74) is 1.02. The zero-order valence-corrected chi connectivity index (χ0v) is 15.2. The minimum atomic E-state index is 0.0221. The fourth-order valence-electron chi connectivity index (χ4n) is 1.97. The highest BCUT2D eigenvalue weighted by molar-refractivity contribution is 8.00. The number of benzene rings is 2. The number of carbonyl (C=O) groups is 1. The predicted molar refractivity (Wildman–Crippen MR) is 96.7 cm³/mol. The van der Waals surface area contributed by atoms with Gasteiger partial charge in [-0.3, -0.25) is 4.79 Å². The van der Waals surface area contributed by atoms with Gasteiger partial charge in [-0.05, 0) is 35.9 Å². The van der Waals surface area contributed by atoms with Crippen LogP contribution in [0, 0.1) is 0 Å². The molecule has 0 heterocycles. The number of methoxy groups -OCH3 is 1. The highest BCUT2D eigenvalue weighted by atomic mass is 35.5. The van der Waals surface area contributed by atoms with Crippen LogP contribution in [0.4, 0.5) is 0 Å². The smallest absolute Gasteiger partial charge is 0.232 e. The van der Waals surface area contributed by atoms with Crippen molar-refractivity contribution in [1.82, 2.24) is 4.90 Å². The van der Waals surface area contributed by atoms with Gasteiger partial charge in [0.2, 0.25) is 5.91 Å². The third kappa shape index (κ3) is 5.34. The summed E-state index contributed by atoms with van der Waals surface area (Å²) >= 11 is 13.4. The second kappa shape index (κ2) is 8.48. The molecule has 0 bridgehead atoms. The molecule has 2 rings (SSSR count). The molecule has 1 amide bonds. The molecule has 23 heavy (non-hydrogen) atoms. The Balaban J connectivity index is 1.93. The lowest BCUT2D eigenvalue weighted by atomic mass is 10.2. The molecule has 0 saturated carbocycles. The topological polar surface area (TPSA) is 29.5 Å².